The maximum atomic E-state index is 11.8. The fourth-order valence-corrected chi connectivity index (χ4v) is 3.84. The highest BCUT2D eigenvalue weighted by atomic mass is 32.2. The number of rotatable bonds is 5. The molecule has 3 atom stereocenters. The first-order valence-electron chi connectivity index (χ1n) is 6.66. The van der Waals surface area contributed by atoms with Gasteiger partial charge in [0.2, 0.25) is 4.38 Å². The van der Waals surface area contributed by atoms with Crippen LogP contribution >= 0.6 is 24.0 Å². The third kappa shape index (κ3) is 4.93. The van der Waals surface area contributed by atoms with Crippen molar-refractivity contribution in [1.82, 2.24) is 0 Å². The first-order valence-corrected chi connectivity index (χ1v) is 7.95. The Bertz CT molecular complexity index is 309. The lowest BCUT2D eigenvalue weighted by atomic mass is 9.89. The molecule has 1 aliphatic heterocycles. The molecule has 0 bridgehead atoms. The SMILES string of the molecule is CCOC(=S)SC(CC)[C@H]1CCCO[C@H]1C(=O)OC. The molecule has 1 saturated heterocycles. The molecule has 1 fully saturated rings. The van der Waals surface area contributed by atoms with Crippen LogP contribution in [0.2, 0.25) is 0 Å². The molecule has 0 aromatic heterocycles. The van der Waals surface area contributed by atoms with Crippen molar-refractivity contribution in [3.05, 3.63) is 0 Å². The van der Waals surface area contributed by atoms with Crippen LogP contribution in [0.15, 0.2) is 0 Å². The minimum atomic E-state index is -0.472. The Hall–Kier alpha value is -0.330. The topological polar surface area (TPSA) is 44.8 Å². The predicted molar refractivity (Wildman–Crippen MR) is 80.4 cm³/mol. The first-order chi connectivity index (χ1) is 9.13. The van der Waals surface area contributed by atoms with E-state index in [-0.39, 0.29) is 17.1 Å². The molecule has 0 N–H and O–H groups in total. The lowest BCUT2D eigenvalue weighted by Gasteiger charge is -2.34. The van der Waals surface area contributed by atoms with Gasteiger partial charge in [0.05, 0.1) is 13.7 Å². The summed E-state index contributed by atoms with van der Waals surface area (Å²) in [7, 11) is 1.40. The van der Waals surface area contributed by atoms with E-state index in [0.29, 0.717) is 17.6 Å². The van der Waals surface area contributed by atoms with E-state index in [2.05, 4.69) is 6.92 Å². The van der Waals surface area contributed by atoms with Crippen LogP contribution in [0.1, 0.15) is 33.1 Å². The summed E-state index contributed by atoms with van der Waals surface area (Å²) in [5.74, 6) is -0.152. The second-order valence-corrected chi connectivity index (χ2v) is 6.21. The molecular formula is C13H22O4S2. The number of carbonyl (C=O) groups is 1. The van der Waals surface area contributed by atoms with Gasteiger partial charge >= 0.3 is 5.97 Å². The average Bonchev–Trinajstić information content (AvgIpc) is 2.44. The number of hydrogen-bond donors (Lipinski definition) is 0. The summed E-state index contributed by atoms with van der Waals surface area (Å²) in [5.41, 5.74) is 0. The number of thiocarbonyl (C=S) groups is 1. The third-order valence-corrected chi connectivity index (χ3v) is 4.89. The van der Waals surface area contributed by atoms with Gasteiger partial charge in [0.15, 0.2) is 6.10 Å². The second kappa shape index (κ2) is 8.76. The zero-order valence-electron chi connectivity index (χ0n) is 11.7. The van der Waals surface area contributed by atoms with Gasteiger partial charge in [-0.05, 0) is 38.4 Å². The number of carbonyl (C=O) groups excluding carboxylic acids is 1. The summed E-state index contributed by atoms with van der Waals surface area (Å²) in [6, 6.07) is 0. The molecule has 0 aromatic rings. The molecule has 4 nitrogen and oxygen atoms in total. The van der Waals surface area contributed by atoms with Gasteiger partial charge in [-0.1, -0.05) is 18.7 Å². The van der Waals surface area contributed by atoms with Gasteiger partial charge in [-0.15, -0.1) is 0 Å². The molecule has 0 spiro atoms. The van der Waals surface area contributed by atoms with Gasteiger partial charge in [0, 0.05) is 17.8 Å². The summed E-state index contributed by atoms with van der Waals surface area (Å²) < 4.78 is 16.3. The second-order valence-electron chi connectivity index (χ2n) is 4.37. The summed E-state index contributed by atoms with van der Waals surface area (Å²) in [5, 5.41) is 0.225. The predicted octanol–water partition coefficient (Wildman–Crippen LogP) is 2.79. The number of esters is 1. The fourth-order valence-electron chi connectivity index (χ4n) is 2.29. The highest BCUT2D eigenvalue weighted by Crippen LogP contribution is 2.34. The Labute approximate surface area is 124 Å². The van der Waals surface area contributed by atoms with E-state index in [1.165, 1.54) is 18.9 Å². The zero-order chi connectivity index (χ0) is 14.3. The van der Waals surface area contributed by atoms with Gasteiger partial charge < -0.3 is 14.2 Å². The molecule has 0 aliphatic carbocycles. The van der Waals surface area contributed by atoms with Crippen LogP contribution in [-0.2, 0) is 19.0 Å². The number of hydrogen-bond acceptors (Lipinski definition) is 6. The largest absolute Gasteiger partial charge is 0.479 e. The molecule has 110 valence electrons. The molecule has 1 aliphatic rings. The Balaban J connectivity index is 2.69. The lowest BCUT2D eigenvalue weighted by Crippen LogP contribution is -2.42. The first kappa shape index (κ1) is 16.7. The van der Waals surface area contributed by atoms with E-state index in [4.69, 9.17) is 26.4 Å². The van der Waals surface area contributed by atoms with Crippen molar-refractivity contribution in [1.29, 1.82) is 0 Å². The Kier molecular flexibility index (Phi) is 7.71. The van der Waals surface area contributed by atoms with Crippen LogP contribution in [0.4, 0.5) is 0 Å². The van der Waals surface area contributed by atoms with Gasteiger partial charge in [0.25, 0.3) is 0 Å². The van der Waals surface area contributed by atoms with Gasteiger partial charge in [-0.25, -0.2) is 4.79 Å². The van der Waals surface area contributed by atoms with E-state index in [1.807, 2.05) is 6.92 Å². The maximum Gasteiger partial charge on any atom is 0.335 e. The molecule has 0 saturated carbocycles. The molecule has 19 heavy (non-hydrogen) atoms. The van der Waals surface area contributed by atoms with E-state index >= 15 is 0 Å². The molecule has 1 heterocycles. The molecular weight excluding hydrogens is 284 g/mol. The minimum Gasteiger partial charge on any atom is -0.479 e. The number of methoxy groups -OCH3 is 1. The van der Waals surface area contributed by atoms with Crippen LogP contribution in [0.3, 0.4) is 0 Å². The van der Waals surface area contributed by atoms with E-state index in [0.717, 1.165) is 19.3 Å². The fraction of sp³-hybridized carbons (Fsp3) is 0.846. The van der Waals surface area contributed by atoms with Crippen LogP contribution in [0.5, 0.6) is 0 Å². The zero-order valence-corrected chi connectivity index (χ0v) is 13.4. The molecule has 6 heteroatoms. The number of thioether (sulfide) groups is 1. The summed E-state index contributed by atoms with van der Waals surface area (Å²) in [4.78, 5) is 11.8. The Morgan fingerprint density at radius 3 is 2.84 bits per heavy atom. The lowest BCUT2D eigenvalue weighted by molar-refractivity contribution is -0.161. The summed E-state index contributed by atoms with van der Waals surface area (Å²) in [6.07, 6.45) is 2.37. The molecule has 1 unspecified atom stereocenters. The number of ether oxygens (including phenoxy) is 3. The van der Waals surface area contributed by atoms with Crippen LogP contribution in [0, 0.1) is 5.92 Å². The molecule has 1 rings (SSSR count). The highest BCUT2D eigenvalue weighted by molar-refractivity contribution is 8.23. The minimum absolute atomic E-state index is 0.134. The van der Waals surface area contributed by atoms with E-state index in [9.17, 15) is 4.79 Å². The van der Waals surface area contributed by atoms with Crippen molar-refractivity contribution in [3.8, 4) is 0 Å². The smallest absolute Gasteiger partial charge is 0.335 e. The highest BCUT2D eigenvalue weighted by Gasteiger charge is 2.38. The summed E-state index contributed by atoms with van der Waals surface area (Å²) >= 11 is 6.71. The van der Waals surface area contributed by atoms with E-state index < -0.39 is 6.10 Å². The van der Waals surface area contributed by atoms with Crippen LogP contribution in [-0.4, -0.2) is 42.0 Å². The quantitative estimate of drug-likeness (QED) is 0.575. The van der Waals surface area contributed by atoms with Crippen LogP contribution < -0.4 is 0 Å². The molecule has 0 radical (unpaired) electrons. The van der Waals surface area contributed by atoms with Crippen molar-refractivity contribution in [2.45, 2.75) is 44.5 Å². The van der Waals surface area contributed by atoms with Gasteiger partial charge in [0.1, 0.15) is 0 Å². The van der Waals surface area contributed by atoms with Crippen LogP contribution in [0.25, 0.3) is 0 Å². The van der Waals surface area contributed by atoms with Crippen molar-refractivity contribution in [3.63, 3.8) is 0 Å². The summed E-state index contributed by atoms with van der Waals surface area (Å²) in [6.45, 7) is 5.20. The van der Waals surface area contributed by atoms with Crippen molar-refractivity contribution in [2.75, 3.05) is 20.3 Å². The van der Waals surface area contributed by atoms with Crippen molar-refractivity contribution < 1.29 is 19.0 Å². The van der Waals surface area contributed by atoms with Crippen molar-refractivity contribution >= 4 is 34.3 Å². The normalized spacial score (nSPS) is 24.6. The Morgan fingerprint density at radius 1 is 1.53 bits per heavy atom. The van der Waals surface area contributed by atoms with E-state index in [1.54, 1.807) is 0 Å². The average molecular weight is 306 g/mol. The molecule has 0 aromatic carbocycles. The maximum absolute atomic E-state index is 11.8. The van der Waals surface area contributed by atoms with Gasteiger partial charge in [-0.2, -0.15) is 0 Å². The van der Waals surface area contributed by atoms with Crippen molar-refractivity contribution in [2.24, 2.45) is 5.92 Å². The molecule has 0 amide bonds. The Morgan fingerprint density at radius 2 is 2.26 bits per heavy atom. The standard InChI is InChI=1S/C13H22O4S2/c1-4-10(19-13(18)16-5-2)9-7-6-8-17-11(9)12(14)15-3/h9-11H,4-8H2,1-3H3/t9-,10?,11-/m1/s1. The third-order valence-electron chi connectivity index (χ3n) is 3.19. The van der Waals surface area contributed by atoms with Gasteiger partial charge in [-0.3, -0.25) is 0 Å². The monoisotopic (exact) mass is 306 g/mol.